The Balaban J connectivity index is 1.51. The second-order valence-electron chi connectivity index (χ2n) is 9.33. The predicted octanol–water partition coefficient (Wildman–Crippen LogP) is 3.94. The topological polar surface area (TPSA) is 45.8 Å². The Morgan fingerprint density at radius 3 is 2.91 bits per heavy atom. The van der Waals surface area contributed by atoms with Gasteiger partial charge in [0, 0.05) is 17.5 Å². The molecule has 0 aliphatic heterocycles. The fourth-order valence-electron chi connectivity index (χ4n) is 7.24. The number of Topliss-reactive ketones (excluding diaryl/α,β-unsaturated/α-hetero) is 1. The molecule has 0 aromatic carbocycles. The third-order valence-electron chi connectivity index (χ3n) is 8.60. The van der Waals surface area contributed by atoms with Gasteiger partial charge < -0.3 is 0 Å². The molecule has 1 heterocycles. The van der Waals surface area contributed by atoms with Gasteiger partial charge >= 0.3 is 0 Å². The number of nitrogens with one attached hydrogen (secondary N) is 1. The average Bonchev–Trinajstić information content (AvgIpc) is 3.08. The molecule has 6 atom stereocenters. The number of H-pyrrole nitrogens is 1. The highest BCUT2D eigenvalue weighted by Crippen LogP contribution is 2.64. The molecule has 0 amide bonds. The molecule has 1 N–H and O–H groups in total. The van der Waals surface area contributed by atoms with Gasteiger partial charge in [-0.05, 0) is 79.6 Å². The van der Waals surface area contributed by atoms with Gasteiger partial charge in [0.25, 0.3) is 0 Å². The molecule has 6 unspecified atom stereocenters. The van der Waals surface area contributed by atoms with Gasteiger partial charge in [-0.1, -0.05) is 13.8 Å². The van der Waals surface area contributed by atoms with Crippen LogP contribution >= 0.6 is 0 Å². The van der Waals surface area contributed by atoms with Crippen molar-refractivity contribution in [2.45, 2.75) is 65.2 Å². The first-order valence-electron chi connectivity index (χ1n) is 9.57. The Bertz CT molecular complexity index is 664. The van der Waals surface area contributed by atoms with Gasteiger partial charge in [-0.3, -0.25) is 9.89 Å². The first-order valence-corrected chi connectivity index (χ1v) is 9.57. The first kappa shape index (κ1) is 14.2. The molecule has 4 aliphatic carbocycles. The van der Waals surface area contributed by atoms with Crippen LogP contribution in [0.2, 0.25) is 0 Å². The number of ketones is 1. The van der Waals surface area contributed by atoms with Crippen molar-refractivity contribution in [1.29, 1.82) is 0 Å². The van der Waals surface area contributed by atoms with E-state index in [-0.39, 0.29) is 5.41 Å². The fraction of sp³-hybridized carbons (Fsp3) is 0.800. The number of hydrogen-bond acceptors (Lipinski definition) is 2. The van der Waals surface area contributed by atoms with Gasteiger partial charge in [-0.25, -0.2) is 0 Å². The van der Waals surface area contributed by atoms with Crippen molar-refractivity contribution in [3.63, 3.8) is 0 Å². The van der Waals surface area contributed by atoms with Crippen LogP contribution in [0.1, 0.15) is 63.6 Å². The molecular weight excluding hydrogens is 284 g/mol. The van der Waals surface area contributed by atoms with E-state index >= 15 is 0 Å². The molecular formula is C20H28N2O. The van der Waals surface area contributed by atoms with Crippen LogP contribution in [0, 0.1) is 34.5 Å². The largest absolute Gasteiger partial charge is 0.299 e. The molecule has 5 rings (SSSR count). The minimum atomic E-state index is 0.0137. The van der Waals surface area contributed by atoms with E-state index in [1.807, 2.05) is 0 Å². The number of carbonyl (C=O) groups is 1. The molecule has 0 bridgehead atoms. The van der Waals surface area contributed by atoms with Crippen LogP contribution in [0.25, 0.3) is 0 Å². The summed E-state index contributed by atoms with van der Waals surface area (Å²) in [6.45, 7) is 4.84. The first-order chi connectivity index (χ1) is 11.0. The molecule has 3 nitrogen and oxygen atoms in total. The molecule has 124 valence electrons. The number of aromatic nitrogens is 2. The summed E-state index contributed by atoms with van der Waals surface area (Å²) in [4.78, 5) is 12.5. The average molecular weight is 312 g/mol. The van der Waals surface area contributed by atoms with Crippen molar-refractivity contribution in [1.82, 2.24) is 10.2 Å². The number of nitrogens with zero attached hydrogens (tertiary/aromatic N) is 1. The number of rotatable bonds is 0. The summed E-state index contributed by atoms with van der Waals surface area (Å²) in [5.41, 5.74) is 3.29. The second-order valence-corrected chi connectivity index (χ2v) is 9.33. The zero-order valence-electron chi connectivity index (χ0n) is 14.4. The Hall–Kier alpha value is -1.12. The molecule has 0 radical (unpaired) electrons. The van der Waals surface area contributed by atoms with Gasteiger partial charge in [0.1, 0.15) is 5.78 Å². The van der Waals surface area contributed by atoms with Crippen LogP contribution in [0.15, 0.2) is 6.20 Å². The second kappa shape index (κ2) is 4.49. The summed E-state index contributed by atoms with van der Waals surface area (Å²) < 4.78 is 0. The summed E-state index contributed by atoms with van der Waals surface area (Å²) in [6.07, 6.45) is 11.6. The third-order valence-corrected chi connectivity index (χ3v) is 8.60. The number of fused-ring (bicyclic) bond motifs is 6. The van der Waals surface area contributed by atoms with E-state index in [0.29, 0.717) is 17.1 Å². The van der Waals surface area contributed by atoms with Crippen LogP contribution in [0.4, 0.5) is 0 Å². The smallest absolute Gasteiger partial charge is 0.139 e. The molecule has 3 heteroatoms. The summed E-state index contributed by atoms with van der Waals surface area (Å²) >= 11 is 0. The monoisotopic (exact) mass is 312 g/mol. The van der Waals surface area contributed by atoms with Gasteiger partial charge in [0.2, 0.25) is 0 Å². The van der Waals surface area contributed by atoms with Crippen molar-refractivity contribution in [3.8, 4) is 0 Å². The molecule has 3 fully saturated rings. The lowest BCUT2D eigenvalue weighted by Crippen LogP contribution is -2.54. The predicted molar refractivity (Wildman–Crippen MR) is 88.9 cm³/mol. The quantitative estimate of drug-likeness (QED) is 0.789. The van der Waals surface area contributed by atoms with E-state index in [4.69, 9.17) is 0 Å². The van der Waals surface area contributed by atoms with Crippen LogP contribution in [-0.4, -0.2) is 16.0 Å². The van der Waals surface area contributed by atoms with Gasteiger partial charge in [-0.2, -0.15) is 5.10 Å². The lowest BCUT2D eigenvalue weighted by Gasteiger charge is -2.59. The standard InChI is InChI=1S/C20H28N2O/c1-19-8-7-16-14(15(19)5-6-18(19)23)4-3-13-9-17-12(11-21-22-17)10-20(13,16)2/h11,13-16H,3-10H2,1-2H3,(H,21,22). The normalized spacial score (nSPS) is 48.3. The third kappa shape index (κ3) is 1.71. The van der Waals surface area contributed by atoms with Crippen LogP contribution in [0.3, 0.4) is 0 Å². The number of hydrogen-bond donors (Lipinski definition) is 1. The Morgan fingerprint density at radius 2 is 2.04 bits per heavy atom. The highest BCUT2D eigenvalue weighted by molar-refractivity contribution is 5.87. The van der Waals surface area contributed by atoms with E-state index < -0.39 is 0 Å². The van der Waals surface area contributed by atoms with Crippen LogP contribution < -0.4 is 0 Å². The minimum Gasteiger partial charge on any atom is -0.299 e. The maximum absolute atomic E-state index is 12.5. The van der Waals surface area contributed by atoms with Gasteiger partial charge in [0.15, 0.2) is 0 Å². The van der Waals surface area contributed by atoms with Crippen molar-refractivity contribution in [2.75, 3.05) is 0 Å². The molecule has 0 spiro atoms. The molecule has 23 heavy (non-hydrogen) atoms. The zero-order valence-corrected chi connectivity index (χ0v) is 14.4. The highest BCUT2D eigenvalue weighted by Gasteiger charge is 2.60. The lowest BCUT2D eigenvalue weighted by atomic mass is 9.45. The van der Waals surface area contributed by atoms with E-state index in [2.05, 4.69) is 30.2 Å². The summed E-state index contributed by atoms with van der Waals surface area (Å²) in [6, 6.07) is 0. The van der Waals surface area contributed by atoms with E-state index in [1.165, 1.54) is 43.4 Å². The molecule has 4 aliphatic rings. The summed E-state index contributed by atoms with van der Waals surface area (Å²) in [7, 11) is 0. The highest BCUT2D eigenvalue weighted by atomic mass is 16.1. The summed E-state index contributed by atoms with van der Waals surface area (Å²) in [5.74, 6) is 3.63. The maximum Gasteiger partial charge on any atom is 0.139 e. The SMILES string of the molecule is CC12CCC3C(CCC4Cc5[nH]ncc5CC43C)C1CCC2=O. The molecule has 1 aromatic rings. The maximum atomic E-state index is 12.5. The van der Waals surface area contributed by atoms with Crippen LogP contribution in [-0.2, 0) is 17.6 Å². The van der Waals surface area contributed by atoms with E-state index in [9.17, 15) is 4.79 Å². The fourth-order valence-corrected chi connectivity index (χ4v) is 7.24. The van der Waals surface area contributed by atoms with Crippen molar-refractivity contribution in [2.24, 2.45) is 34.5 Å². The van der Waals surface area contributed by atoms with Gasteiger partial charge in [0.05, 0.1) is 6.20 Å². The van der Waals surface area contributed by atoms with Gasteiger partial charge in [-0.15, -0.1) is 0 Å². The van der Waals surface area contributed by atoms with E-state index in [0.717, 1.165) is 37.0 Å². The Morgan fingerprint density at radius 1 is 1.17 bits per heavy atom. The molecule has 1 aromatic heterocycles. The zero-order chi connectivity index (χ0) is 15.8. The number of carbonyl (C=O) groups excluding carboxylic acids is 1. The number of aromatic amines is 1. The minimum absolute atomic E-state index is 0.0137. The van der Waals surface area contributed by atoms with Crippen molar-refractivity contribution in [3.05, 3.63) is 17.5 Å². The van der Waals surface area contributed by atoms with Crippen LogP contribution in [0.5, 0.6) is 0 Å². The Kier molecular flexibility index (Phi) is 2.78. The Labute approximate surface area is 138 Å². The van der Waals surface area contributed by atoms with E-state index in [1.54, 1.807) is 0 Å². The lowest BCUT2D eigenvalue weighted by molar-refractivity contribution is -0.136. The molecule has 3 saturated carbocycles. The molecule has 0 saturated heterocycles. The van der Waals surface area contributed by atoms with Crippen molar-refractivity contribution >= 4 is 5.78 Å². The van der Waals surface area contributed by atoms with Crippen molar-refractivity contribution < 1.29 is 4.79 Å². The summed E-state index contributed by atoms with van der Waals surface area (Å²) in [5, 5.41) is 7.54.